The molecule has 0 aromatic carbocycles. The largest absolute Gasteiger partial charge is 0.490 e. The SMILES string of the molecule is NC(=O)C1(OC(=O)C(F)(F)F)CC1. The average molecular weight is 197 g/mol. The maximum Gasteiger partial charge on any atom is 0.490 e. The van der Waals surface area contributed by atoms with Crippen molar-refractivity contribution in [3.05, 3.63) is 0 Å². The van der Waals surface area contributed by atoms with Gasteiger partial charge in [-0.1, -0.05) is 0 Å². The van der Waals surface area contributed by atoms with Crippen LogP contribution in [-0.4, -0.2) is 23.7 Å². The predicted octanol–water partition coefficient (Wildman–Crippen LogP) is 0.110. The summed E-state index contributed by atoms with van der Waals surface area (Å²) in [7, 11) is 0. The zero-order valence-corrected chi connectivity index (χ0v) is 6.35. The van der Waals surface area contributed by atoms with Gasteiger partial charge >= 0.3 is 12.1 Å². The number of hydrogen-bond acceptors (Lipinski definition) is 3. The van der Waals surface area contributed by atoms with E-state index < -0.39 is 23.7 Å². The van der Waals surface area contributed by atoms with E-state index in [1.165, 1.54) is 0 Å². The summed E-state index contributed by atoms with van der Waals surface area (Å²) < 4.78 is 38.9. The van der Waals surface area contributed by atoms with Crippen LogP contribution in [0.1, 0.15) is 12.8 Å². The van der Waals surface area contributed by atoms with E-state index in [1.807, 2.05) is 0 Å². The molecule has 0 spiro atoms. The maximum absolute atomic E-state index is 11.6. The predicted molar refractivity (Wildman–Crippen MR) is 33.3 cm³/mol. The molecule has 4 nitrogen and oxygen atoms in total. The first-order valence-corrected chi connectivity index (χ1v) is 3.38. The lowest BCUT2D eigenvalue weighted by atomic mass is 10.3. The third kappa shape index (κ3) is 1.90. The Morgan fingerprint density at radius 3 is 2.00 bits per heavy atom. The molecule has 1 aliphatic rings. The maximum atomic E-state index is 11.6. The number of amides is 1. The van der Waals surface area contributed by atoms with E-state index in [1.54, 1.807) is 0 Å². The Morgan fingerprint density at radius 1 is 1.31 bits per heavy atom. The molecule has 0 atom stereocenters. The lowest BCUT2D eigenvalue weighted by Crippen LogP contribution is -2.39. The van der Waals surface area contributed by atoms with Crippen LogP contribution < -0.4 is 5.73 Å². The van der Waals surface area contributed by atoms with Crippen LogP contribution in [0.2, 0.25) is 0 Å². The summed E-state index contributed by atoms with van der Waals surface area (Å²) in [6, 6.07) is 0. The van der Waals surface area contributed by atoms with Crippen molar-refractivity contribution in [2.45, 2.75) is 24.6 Å². The number of ether oxygens (including phenoxy) is 1. The van der Waals surface area contributed by atoms with Crippen LogP contribution >= 0.6 is 0 Å². The lowest BCUT2D eigenvalue weighted by molar-refractivity contribution is -0.207. The minimum atomic E-state index is -5.08. The van der Waals surface area contributed by atoms with Crippen molar-refractivity contribution in [2.24, 2.45) is 5.73 Å². The first-order chi connectivity index (χ1) is 5.78. The van der Waals surface area contributed by atoms with Gasteiger partial charge in [-0.05, 0) is 0 Å². The zero-order chi connectivity index (χ0) is 10.3. The van der Waals surface area contributed by atoms with Gasteiger partial charge in [-0.25, -0.2) is 4.79 Å². The van der Waals surface area contributed by atoms with Crippen molar-refractivity contribution < 1.29 is 27.5 Å². The van der Waals surface area contributed by atoms with Gasteiger partial charge in [0.2, 0.25) is 0 Å². The molecule has 7 heteroatoms. The van der Waals surface area contributed by atoms with Crippen LogP contribution in [0.3, 0.4) is 0 Å². The number of esters is 1. The van der Waals surface area contributed by atoms with Gasteiger partial charge in [0.1, 0.15) is 0 Å². The van der Waals surface area contributed by atoms with Gasteiger partial charge in [0.15, 0.2) is 5.60 Å². The average Bonchev–Trinajstić information content (AvgIpc) is 2.66. The minimum absolute atomic E-state index is 0.0597. The van der Waals surface area contributed by atoms with Crippen molar-refractivity contribution in [2.75, 3.05) is 0 Å². The second kappa shape index (κ2) is 2.61. The Bertz CT molecular complexity index is 256. The first-order valence-electron chi connectivity index (χ1n) is 3.38. The minimum Gasteiger partial charge on any atom is -0.442 e. The summed E-state index contributed by atoms with van der Waals surface area (Å²) in [5, 5.41) is 0. The number of hydrogen-bond donors (Lipinski definition) is 1. The summed E-state index contributed by atoms with van der Waals surface area (Å²) in [6.45, 7) is 0. The van der Waals surface area contributed by atoms with Gasteiger partial charge in [-0.15, -0.1) is 0 Å². The number of carbonyl (C=O) groups is 2. The van der Waals surface area contributed by atoms with Gasteiger partial charge in [-0.3, -0.25) is 4.79 Å². The summed E-state index contributed by atoms with van der Waals surface area (Å²) in [4.78, 5) is 20.8. The molecule has 0 aromatic rings. The molecule has 0 saturated heterocycles. The molecule has 0 aliphatic heterocycles. The van der Waals surface area contributed by atoms with Crippen LogP contribution in [0, 0.1) is 0 Å². The monoisotopic (exact) mass is 197 g/mol. The standard InChI is InChI=1S/C6H6F3NO3/c7-6(8,9)4(12)13-5(1-2-5)3(10)11/h1-2H2,(H2,10,11). The molecule has 0 heterocycles. The normalized spacial score (nSPS) is 19.3. The Hall–Kier alpha value is -1.27. The number of primary amides is 1. The topological polar surface area (TPSA) is 69.4 Å². The Morgan fingerprint density at radius 2 is 1.77 bits per heavy atom. The molecule has 0 unspecified atom stereocenters. The molecule has 1 amide bonds. The van der Waals surface area contributed by atoms with Crippen LogP contribution in [0.25, 0.3) is 0 Å². The Labute approximate surface area is 70.8 Å². The highest BCUT2D eigenvalue weighted by Crippen LogP contribution is 2.40. The fourth-order valence-electron chi connectivity index (χ4n) is 0.748. The molecule has 1 fully saturated rings. The molecule has 0 radical (unpaired) electrons. The fourth-order valence-corrected chi connectivity index (χ4v) is 0.748. The zero-order valence-electron chi connectivity index (χ0n) is 6.35. The van der Waals surface area contributed by atoms with Gasteiger partial charge in [0.05, 0.1) is 0 Å². The van der Waals surface area contributed by atoms with Crippen LogP contribution in [0.15, 0.2) is 0 Å². The summed E-state index contributed by atoms with van der Waals surface area (Å²) in [5.41, 5.74) is 3.04. The van der Waals surface area contributed by atoms with E-state index in [0.717, 1.165) is 0 Å². The van der Waals surface area contributed by atoms with Gasteiger partial charge < -0.3 is 10.5 Å². The van der Waals surface area contributed by atoms with Crippen LogP contribution in [-0.2, 0) is 14.3 Å². The molecule has 0 bridgehead atoms. The highest BCUT2D eigenvalue weighted by Gasteiger charge is 2.56. The number of nitrogens with two attached hydrogens (primary N) is 1. The van der Waals surface area contributed by atoms with E-state index in [0.29, 0.717) is 0 Å². The van der Waals surface area contributed by atoms with E-state index >= 15 is 0 Å². The third-order valence-electron chi connectivity index (χ3n) is 1.67. The second-order valence-electron chi connectivity index (χ2n) is 2.75. The summed E-state index contributed by atoms with van der Waals surface area (Å²) >= 11 is 0. The smallest absolute Gasteiger partial charge is 0.442 e. The highest BCUT2D eigenvalue weighted by molar-refractivity contribution is 5.90. The summed E-state index contributed by atoms with van der Waals surface area (Å²) in [6.07, 6.45) is -4.96. The molecular weight excluding hydrogens is 191 g/mol. The molecule has 0 aromatic heterocycles. The number of carbonyl (C=O) groups excluding carboxylic acids is 2. The van der Waals surface area contributed by atoms with Crippen LogP contribution in [0.4, 0.5) is 13.2 Å². The van der Waals surface area contributed by atoms with E-state index in [-0.39, 0.29) is 12.8 Å². The van der Waals surface area contributed by atoms with Crippen molar-refractivity contribution >= 4 is 11.9 Å². The molecule has 1 aliphatic carbocycles. The van der Waals surface area contributed by atoms with Crippen molar-refractivity contribution in [3.63, 3.8) is 0 Å². The Kier molecular flexibility index (Phi) is 1.97. The fraction of sp³-hybridized carbons (Fsp3) is 0.667. The number of halogens is 3. The molecule has 2 N–H and O–H groups in total. The first kappa shape index (κ1) is 9.82. The highest BCUT2D eigenvalue weighted by atomic mass is 19.4. The molecule has 1 saturated carbocycles. The molecule has 1 rings (SSSR count). The number of alkyl halides is 3. The van der Waals surface area contributed by atoms with Gasteiger partial charge in [-0.2, -0.15) is 13.2 Å². The quantitative estimate of drug-likeness (QED) is 0.638. The van der Waals surface area contributed by atoms with Crippen molar-refractivity contribution in [3.8, 4) is 0 Å². The van der Waals surface area contributed by atoms with Gasteiger partial charge in [0, 0.05) is 12.8 Å². The van der Waals surface area contributed by atoms with Crippen molar-refractivity contribution in [1.82, 2.24) is 0 Å². The summed E-state index contributed by atoms with van der Waals surface area (Å²) in [5.74, 6) is -3.41. The van der Waals surface area contributed by atoms with E-state index in [9.17, 15) is 22.8 Å². The van der Waals surface area contributed by atoms with Gasteiger partial charge in [0.25, 0.3) is 5.91 Å². The lowest BCUT2D eigenvalue weighted by Gasteiger charge is -2.13. The second-order valence-corrected chi connectivity index (χ2v) is 2.75. The van der Waals surface area contributed by atoms with Crippen molar-refractivity contribution in [1.29, 1.82) is 0 Å². The third-order valence-corrected chi connectivity index (χ3v) is 1.67. The Balaban J connectivity index is 2.60. The number of rotatable bonds is 2. The van der Waals surface area contributed by atoms with Crippen LogP contribution in [0.5, 0.6) is 0 Å². The molecular formula is C6H6F3NO3. The van der Waals surface area contributed by atoms with E-state index in [2.05, 4.69) is 4.74 Å². The molecule has 13 heavy (non-hydrogen) atoms. The molecule has 74 valence electrons. The van der Waals surface area contributed by atoms with E-state index in [4.69, 9.17) is 5.73 Å².